The number of nitrogens with one attached hydrogen (secondary N) is 2. The number of carbonyl (C=O) groups is 4. The van der Waals surface area contributed by atoms with Crippen molar-refractivity contribution in [1.82, 2.24) is 10.6 Å². The van der Waals surface area contributed by atoms with Crippen molar-refractivity contribution in [2.75, 3.05) is 6.61 Å². The summed E-state index contributed by atoms with van der Waals surface area (Å²) in [5.74, 6) is -3.54. The minimum absolute atomic E-state index is 0.0356. The van der Waals surface area contributed by atoms with Gasteiger partial charge in [0.25, 0.3) is 0 Å². The first-order chi connectivity index (χ1) is 14.1. The fourth-order valence-corrected chi connectivity index (χ4v) is 2.64. The Morgan fingerprint density at radius 1 is 1.00 bits per heavy atom. The minimum Gasteiger partial charge on any atom is -0.480 e. The molecule has 0 aliphatic heterocycles. The molecule has 0 aromatic heterocycles. The number of carboxylic acid groups (broad SMARTS) is 1. The van der Waals surface area contributed by atoms with Crippen LogP contribution in [0.25, 0.3) is 0 Å². The molecule has 2 amide bonds. The van der Waals surface area contributed by atoms with Gasteiger partial charge in [-0.05, 0) is 24.8 Å². The van der Waals surface area contributed by atoms with Crippen molar-refractivity contribution in [3.63, 3.8) is 0 Å². The molecule has 0 aliphatic carbocycles. The van der Waals surface area contributed by atoms with Crippen LogP contribution in [-0.2, 0) is 30.5 Å². The SMILES string of the molecule is CCOC(=O)[C@H](C)C[C@@H](NC(=O)[C@H](NC(=O)OCc1ccccc1)C(C)C)C(=O)O. The van der Waals surface area contributed by atoms with Gasteiger partial charge < -0.3 is 25.2 Å². The van der Waals surface area contributed by atoms with Crippen LogP contribution < -0.4 is 10.6 Å². The number of amides is 2. The fourth-order valence-electron chi connectivity index (χ4n) is 2.64. The van der Waals surface area contributed by atoms with Crippen LogP contribution in [0.4, 0.5) is 4.79 Å². The van der Waals surface area contributed by atoms with E-state index in [9.17, 15) is 24.3 Å². The molecule has 0 fully saturated rings. The lowest BCUT2D eigenvalue weighted by molar-refractivity contribution is -0.149. The number of benzene rings is 1. The molecule has 0 saturated carbocycles. The quantitative estimate of drug-likeness (QED) is 0.465. The van der Waals surface area contributed by atoms with Crippen molar-refractivity contribution < 1.29 is 33.8 Å². The van der Waals surface area contributed by atoms with Crippen molar-refractivity contribution >= 4 is 23.9 Å². The maximum Gasteiger partial charge on any atom is 0.408 e. The first kappa shape index (κ1) is 24.9. The van der Waals surface area contributed by atoms with Crippen LogP contribution in [0.5, 0.6) is 0 Å². The molecule has 0 spiro atoms. The van der Waals surface area contributed by atoms with Crippen LogP contribution in [0, 0.1) is 11.8 Å². The summed E-state index contributed by atoms with van der Waals surface area (Å²) in [7, 11) is 0. The van der Waals surface area contributed by atoms with Crippen molar-refractivity contribution in [3.05, 3.63) is 35.9 Å². The Balaban J connectivity index is 2.70. The van der Waals surface area contributed by atoms with Crippen LogP contribution in [0.1, 0.15) is 39.7 Å². The molecule has 0 aliphatic rings. The van der Waals surface area contributed by atoms with Crippen molar-refractivity contribution in [1.29, 1.82) is 0 Å². The van der Waals surface area contributed by atoms with E-state index in [0.717, 1.165) is 5.56 Å². The number of aliphatic carboxylic acids is 1. The van der Waals surface area contributed by atoms with Crippen LogP contribution in [0.3, 0.4) is 0 Å². The van der Waals surface area contributed by atoms with Gasteiger partial charge in [0.2, 0.25) is 5.91 Å². The Morgan fingerprint density at radius 3 is 2.17 bits per heavy atom. The van der Waals surface area contributed by atoms with Gasteiger partial charge in [0.1, 0.15) is 18.7 Å². The summed E-state index contributed by atoms with van der Waals surface area (Å²) in [6, 6.07) is 6.73. The third-order valence-electron chi connectivity index (χ3n) is 4.33. The summed E-state index contributed by atoms with van der Waals surface area (Å²) in [5, 5.41) is 14.3. The Kier molecular flexibility index (Phi) is 10.4. The number of hydrogen-bond acceptors (Lipinski definition) is 6. The van der Waals surface area contributed by atoms with Crippen LogP contribution in [0.2, 0.25) is 0 Å². The Morgan fingerprint density at radius 2 is 1.63 bits per heavy atom. The van der Waals surface area contributed by atoms with E-state index in [1.165, 1.54) is 6.92 Å². The minimum atomic E-state index is -1.31. The summed E-state index contributed by atoms with van der Waals surface area (Å²) in [6.07, 6.45) is -0.928. The van der Waals surface area contributed by atoms with E-state index in [2.05, 4.69) is 10.6 Å². The van der Waals surface area contributed by atoms with E-state index in [0.29, 0.717) is 0 Å². The Hall–Kier alpha value is -3.10. The van der Waals surface area contributed by atoms with E-state index in [-0.39, 0.29) is 25.6 Å². The van der Waals surface area contributed by atoms with E-state index in [4.69, 9.17) is 9.47 Å². The predicted molar refractivity (Wildman–Crippen MR) is 108 cm³/mol. The highest BCUT2D eigenvalue weighted by Gasteiger charge is 2.31. The smallest absolute Gasteiger partial charge is 0.408 e. The number of alkyl carbamates (subject to hydrolysis) is 1. The van der Waals surface area contributed by atoms with Gasteiger partial charge in [-0.15, -0.1) is 0 Å². The number of carbonyl (C=O) groups excluding carboxylic acids is 3. The molecular weight excluding hydrogens is 392 g/mol. The average Bonchev–Trinajstić information content (AvgIpc) is 2.70. The van der Waals surface area contributed by atoms with E-state index in [1.807, 2.05) is 18.2 Å². The topological polar surface area (TPSA) is 131 Å². The molecule has 30 heavy (non-hydrogen) atoms. The zero-order chi connectivity index (χ0) is 22.7. The Bertz CT molecular complexity index is 721. The molecule has 9 nitrogen and oxygen atoms in total. The second-order valence-electron chi connectivity index (χ2n) is 7.22. The number of carboxylic acids is 1. The molecule has 0 heterocycles. The molecule has 3 atom stereocenters. The van der Waals surface area contributed by atoms with Gasteiger partial charge in [-0.2, -0.15) is 0 Å². The number of hydrogen-bond donors (Lipinski definition) is 3. The molecular formula is C21H30N2O7. The van der Waals surface area contributed by atoms with Gasteiger partial charge in [-0.3, -0.25) is 9.59 Å². The number of esters is 1. The molecule has 0 bridgehead atoms. The van der Waals surface area contributed by atoms with Gasteiger partial charge in [0, 0.05) is 0 Å². The molecule has 3 N–H and O–H groups in total. The molecule has 1 aromatic carbocycles. The molecule has 0 radical (unpaired) electrons. The highest BCUT2D eigenvalue weighted by Crippen LogP contribution is 2.11. The largest absolute Gasteiger partial charge is 0.480 e. The van der Waals surface area contributed by atoms with Gasteiger partial charge in [0.15, 0.2) is 0 Å². The van der Waals surface area contributed by atoms with Crippen molar-refractivity contribution in [2.24, 2.45) is 11.8 Å². The maximum atomic E-state index is 12.6. The fraction of sp³-hybridized carbons (Fsp3) is 0.524. The molecule has 166 valence electrons. The van der Waals surface area contributed by atoms with E-state index < -0.39 is 41.9 Å². The summed E-state index contributed by atoms with van der Waals surface area (Å²) < 4.78 is 10.00. The van der Waals surface area contributed by atoms with E-state index in [1.54, 1.807) is 32.9 Å². The molecule has 1 aromatic rings. The zero-order valence-corrected chi connectivity index (χ0v) is 17.7. The highest BCUT2D eigenvalue weighted by molar-refractivity contribution is 5.89. The summed E-state index contributed by atoms with van der Waals surface area (Å²) in [6.45, 7) is 6.80. The monoisotopic (exact) mass is 422 g/mol. The first-order valence-corrected chi connectivity index (χ1v) is 9.82. The van der Waals surface area contributed by atoms with Crippen molar-refractivity contribution in [3.8, 4) is 0 Å². The zero-order valence-electron chi connectivity index (χ0n) is 17.7. The lowest BCUT2D eigenvalue weighted by Gasteiger charge is -2.24. The third-order valence-corrected chi connectivity index (χ3v) is 4.33. The van der Waals surface area contributed by atoms with Gasteiger partial charge in [0.05, 0.1) is 12.5 Å². The lowest BCUT2D eigenvalue weighted by atomic mass is 9.99. The second-order valence-corrected chi connectivity index (χ2v) is 7.22. The van der Waals surface area contributed by atoms with Gasteiger partial charge in [-0.1, -0.05) is 51.1 Å². The van der Waals surface area contributed by atoms with Crippen LogP contribution in [-0.4, -0.2) is 47.7 Å². The van der Waals surface area contributed by atoms with Crippen molar-refractivity contribution in [2.45, 2.75) is 52.8 Å². The number of rotatable bonds is 11. The molecule has 0 unspecified atom stereocenters. The van der Waals surface area contributed by atoms with Crippen LogP contribution in [0.15, 0.2) is 30.3 Å². The number of ether oxygens (including phenoxy) is 2. The van der Waals surface area contributed by atoms with E-state index >= 15 is 0 Å². The summed E-state index contributed by atoms with van der Waals surface area (Å²) in [4.78, 5) is 48.0. The van der Waals surface area contributed by atoms with Gasteiger partial charge in [-0.25, -0.2) is 9.59 Å². The lowest BCUT2D eigenvalue weighted by Crippen LogP contribution is -2.54. The van der Waals surface area contributed by atoms with Gasteiger partial charge >= 0.3 is 18.0 Å². The molecule has 9 heteroatoms. The molecule has 0 saturated heterocycles. The highest BCUT2D eigenvalue weighted by atomic mass is 16.5. The predicted octanol–water partition coefficient (Wildman–Crippen LogP) is 2.10. The Labute approximate surface area is 176 Å². The van der Waals surface area contributed by atoms with Crippen LogP contribution >= 0.6 is 0 Å². The first-order valence-electron chi connectivity index (χ1n) is 9.82. The second kappa shape index (κ2) is 12.5. The maximum absolute atomic E-state index is 12.6. The summed E-state index contributed by atoms with van der Waals surface area (Å²) >= 11 is 0. The molecule has 1 rings (SSSR count). The third kappa shape index (κ3) is 8.50. The normalized spacial score (nSPS) is 13.6. The summed E-state index contributed by atoms with van der Waals surface area (Å²) in [5.41, 5.74) is 0.789. The standard InChI is InChI=1S/C21H30N2O7/c1-5-29-20(27)14(4)11-16(19(25)26)22-18(24)17(13(2)3)23-21(28)30-12-15-9-7-6-8-10-15/h6-10,13-14,16-17H,5,11-12H2,1-4H3,(H,22,24)(H,23,28)(H,25,26)/t14-,16-,17-/m1/s1. The average molecular weight is 422 g/mol.